The van der Waals surface area contributed by atoms with Crippen LogP contribution in [0.2, 0.25) is 0 Å². The average molecular weight is 184 g/mol. The van der Waals surface area contributed by atoms with Gasteiger partial charge in [-0.2, -0.15) is 0 Å². The van der Waals surface area contributed by atoms with E-state index in [2.05, 4.69) is 12.2 Å². The largest absolute Gasteiger partial charge is 0.368 e. The SMILES string of the molecule is CC1CCC(NC(C)C)(C(N)=O)C1. The van der Waals surface area contributed by atoms with Crippen LogP contribution in [0.15, 0.2) is 0 Å². The van der Waals surface area contributed by atoms with E-state index in [1.807, 2.05) is 13.8 Å². The van der Waals surface area contributed by atoms with Crippen LogP contribution in [0.5, 0.6) is 0 Å². The highest BCUT2D eigenvalue weighted by atomic mass is 16.1. The van der Waals surface area contributed by atoms with Gasteiger partial charge in [0.15, 0.2) is 0 Å². The normalized spacial score (nSPS) is 34.0. The molecule has 0 saturated heterocycles. The van der Waals surface area contributed by atoms with Crippen LogP contribution in [0.3, 0.4) is 0 Å². The summed E-state index contributed by atoms with van der Waals surface area (Å²) in [5.74, 6) is 0.421. The lowest BCUT2D eigenvalue weighted by molar-refractivity contribution is -0.124. The molecule has 3 nitrogen and oxygen atoms in total. The zero-order valence-electron chi connectivity index (χ0n) is 8.76. The van der Waals surface area contributed by atoms with Crippen LogP contribution < -0.4 is 11.1 Å². The van der Waals surface area contributed by atoms with Crippen LogP contribution in [0.1, 0.15) is 40.0 Å². The van der Waals surface area contributed by atoms with Gasteiger partial charge in [0.05, 0.1) is 5.54 Å². The van der Waals surface area contributed by atoms with Crippen LogP contribution in [0, 0.1) is 5.92 Å². The molecular formula is C10H20N2O. The van der Waals surface area contributed by atoms with Gasteiger partial charge in [0, 0.05) is 6.04 Å². The Morgan fingerprint density at radius 2 is 2.23 bits per heavy atom. The second kappa shape index (κ2) is 3.66. The van der Waals surface area contributed by atoms with Crippen molar-refractivity contribution in [1.29, 1.82) is 0 Å². The van der Waals surface area contributed by atoms with Gasteiger partial charge in [-0.05, 0) is 39.0 Å². The van der Waals surface area contributed by atoms with Crippen LogP contribution in [-0.2, 0) is 4.79 Å². The summed E-state index contributed by atoms with van der Waals surface area (Å²) >= 11 is 0. The third-order valence-electron chi connectivity index (χ3n) is 2.80. The van der Waals surface area contributed by atoms with Gasteiger partial charge in [0.25, 0.3) is 0 Å². The lowest BCUT2D eigenvalue weighted by Crippen LogP contribution is -2.56. The molecule has 1 aliphatic carbocycles. The molecule has 1 aliphatic rings. The Kier molecular flexibility index (Phi) is 2.96. The first-order valence-electron chi connectivity index (χ1n) is 5.04. The number of rotatable bonds is 3. The molecule has 0 aromatic heterocycles. The minimum absolute atomic E-state index is 0.189. The second-order valence-corrected chi connectivity index (χ2v) is 4.59. The topological polar surface area (TPSA) is 55.1 Å². The highest BCUT2D eigenvalue weighted by Crippen LogP contribution is 2.34. The van der Waals surface area contributed by atoms with E-state index in [1.165, 1.54) is 0 Å². The van der Waals surface area contributed by atoms with E-state index in [9.17, 15) is 4.79 Å². The average Bonchev–Trinajstić information content (AvgIpc) is 2.31. The molecule has 0 spiro atoms. The van der Waals surface area contributed by atoms with Crippen molar-refractivity contribution < 1.29 is 4.79 Å². The van der Waals surface area contributed by atoms with Gasteiger partial charge in [0.1, 0.15) is 0 Å². The van der Waals surface area contributed by atoms with Gasteiger partial charge < -0.3 is 11.1 Å². The van der Waals surface area contributed by atoms with Crippen LogP contribution in [0.25, 0.3) is 0 Å². The minimum atomic E-state index is -0.423. The molecule has 1 saturated carbocycles. The van der Waals surface area contributed by atoms with Crippen molar-refractivity contribution in [3.63, 3.8) is 0 Å². The third kappa shape index (κ3) is 2.21. The number of hydrogen-bond acceptors (Lipinski definition) is 2. The summed E-state index contributed by atoms with van der Waals surface area (Å²) in [6.45, 7) is 6.27. The molecule has 3 N–H and O–H groups in total. The Labute approximate surface area is 80.1 Å². The highest BCUT2D eigenvalue weighted by Gasteiger charge is 2.42. The van der Waals surface area contributed by atoms with E-state index in [0.717, 1.165) is 19.3 Å². The summed E-state index contributed by atoms with van der Waals surface area (Å²) < 4.78 is 0. The Morgan fingerprint density at radius 1 is 1.62 bits per heavy atom. The monoisotopic (exact) mass is 184 g/mol. The zero-order valence-corrected chi connectivity index (χ0v) is 8.76. The maximum atomic E-state index is 11.4. The molecule has 2 unspecified atom stereocenters. The molecule has 1 fully saturated rings. The standard InChI is InChI=1S/C10H20N2O/c1-7(2)12-10(9(11)13)5-4-8(3)6-10/h7-8,12H,4-6H2,1-3H3,(H2,11,13). The molecule has 0 heterocycles. The van der Waals surface area contributed by atoms with Gasteiger partial charge in [-0.25, -0.2) is 0 Å². The first-order chi connectivity index (χ1) is 5.96. The van der Waals surface area contributed by atoms with E-state index >= 15 is 0 Å². The van der Waals surface area contributed by atoms with Crippen molar-refractivity contribution in [3.8, 4) is 0 Å². The van der Waals surface area contributed by atoms with E-state index in [-0.39, 0.29) is 5.91 Å². The fraction of sp³-hybridized carbons (Fsp3) is 0.900. The first-order valence-corrected chi connectivity index (χ1v) is 5.04. The minimum Gasteiger partial charge on any atom is -0.368 e. The number of primary amides is 1. The van der Waals surface area contributed by atoms with Crippen LogP contribution in [-0.4, -0.2) is 17.5 Å². The smallest absolute Gasteiger partial charge is 0.237 e. The van der Waals surface area contributed by atoms with Crippen molar-refractivity contribution in [3.05, 3.63) is 0 Å². The predicted molar refractivity (Wildman–Crippen MR) is 53.2 cm³/mol. The lowest BCUT2D eigenvalue weighted by atomic mass is 9.94. The lowest BCUT2D eigenvalue weighted by Gasteiger charge is -2.29. The number of carbonyl (C=O) groups excluding carboxylic acids is 1. The Hall–Kier alpha value is -0.570. The van der Waals surface area contributed by atoms with E-state index < -0.39 is 5.54 Å². The van der Waals surface area contributed by atoms with Crippen LogP contribution in [0.4, 0.5) is 0 Å². The zero-order chi connectivity index (χ0) is 10.1. The van der Waals surface area contributed by atoms with Crippen LogP contribution >= 0.6 is 0 Å². The molecule has 0 bridgehead atoms. The number of hydrogen-bond donors (Lipinski definition) is 2. The number of amides is 1. The molecule has 1 rings (SSSR count). The van der Waals surface area contributed by atoms with Crippen molar-refractivity contribution in [2.45, 2.75) is 51.6 Å². The fourth-order valence-electron chi connectivity index (χ4n) is 2.27. The molecule has 0 aromatic carbocycles. The number of nitrogens with one attached hydrogen (secondary N) is 1. The molecule has 13 heavy (non-hydrogen) atoms. The van der Waals surface area contributed by atoms with Gasteiger partial charge in [-0.1, -0.05) is 6.92 Å². The summed E-state index contributed by atoms with van der Waals surface area (Å²) in [6.07, 6.45) is 2.88. The maximum absolute atomic E-state index is 11.4. The molecule has 76 valence electrons. The van der Waals surface area contributed by atoms with Crippen molar-refractivity contribution in [2.24, 2.45) is 11.7 Å². The quantitative estimate of drug-likeness (QED) is 0.688. The van der Waals surface area contributed by atoms with E-state index in [1.54, 1.807) is 0 Å². The Balaban J connectivity index is 2.71. The molecule has 2 atom stereocenters. The molecular weight excluding hydrogens is 164 g/mol. The first kappa shape index (κ1) is 10.5. The molecule has 0 radical (unpaired) electrons. The number of nitrogens with two attached hydrogens (primary N) is 1. The van der Waals surface area contributed by atoms with Crippen molar-refractivity contribution >= 4 is 5.91 Å². The Bertz CT molecular complexity index is 203. The third-order valence-corrected chi connectivity index (χ3v) is 2.80. The number of carbonyl (C=O) groups is 1. The highest BCUT2D eigenvalue weighted by molar-refractivity contribution is 5.85. The summed E-state index contributed by atoms with van der Waals surface area (Å²) in [7, 11) is 0. The molecule has 0 aliphatic heterocycles. The van der Waals surface area contributed by atoms with Crippen molar-refractivity contribution in [2.75, 3.05) is 0 Å². The summed E-state index contributed by atoms with van der Waals surface area (Å²) in [4.78, 5) is 11.4. The van der Waals surface area contributed by atoms with Gasteiger partial charge in [-0.15, -0.1) is 0 Å². The second-order valence-electron chi connectivity index (χ2n) is 4.59. The predicted octanol–water partition coefficient (Wildman–Crippen LogP) is 1.03. The fourth-order valence-corrected chi connectivity index (χ4v) is 2.27. The van der Waals surface area contributed by atoms with Gasteiger partial charge >= 0.3 is 0 Å². The van der Waals surface area contributed by atoms with E-state index in [4.69, 9.17) is 5.73 Å². The van der Waals surface area contributed by atoms with Gasteiger partial charge in [-0.3, -0.25) is 4.79 Å². The molecule has 0 aromatic rings. The van der Waals surface area contributed by atoms with E-state index in [0.29, 0.717) is 12.0 Å². The maximum Gasteiger partial charge on any atom is 0.237 e. The van der Waals surface area contributed by atoms with Gasteiger partial charge in [0.2, 0.25) is 5.91 Å². The summed E-state index contributed by atoms with van der Waals surface area (Å²) in [5, 5.41) is 3.31. The molecule has 3 heteroatoms. The summed E-state index contributed by atoms with van der Waals surface area (Å²) in [5.41, 5.74) is 5.02. The molecule has 1 amide bonds. The Morgan fingerprint density at radius 3 is 2.54 bits per heavy atom. The van der Waals surface area contributed by atoms with Crippen molar-refractivity contribution in [1.82, 2.24) is 5.32 Å². The summed E-state index contributed by atoms with van der Waals surface area (Å²) in [6, 6.07) is 0.317.